The maximum atomic E-state index is 12.9. The summed E-state index contributed by atoms with van der Waals surface area (Å²) in [5.41, 5.74) is -1.19. The van der Waals surface area contributed by atoms with Crippen molar-refractivity contribution in [2.24, 2.45) is 7.05 Å². The van der Waals surface area contributed by atoms with E-state index in [0.717, 1.165) is 24.3 Å². The number of fused-ring (bicyclic) bond motifs is 1. The first-order chi connectivity index (χ1) is 14.2. The van der Waals surface area contributed by atoms with Gasteiger partial charge >= 0.3 is 12.4 Å². The average molecular weight is 461 g/mol. The highest BCUT2D eigenvalue weighted by Gasteiger charge is 2.33. The number of hydrogen-bond acceptors (Lipinski definition) is 4. The SMILES string of the molecule is CCS(=O)(=O)c1cc(C#CC(F)(F)F)ccc1-c1nc2cc(C(F)(F)F)ncc2n1C. The highest BCUT2D eigenvalue weighted by Crippen LogP contribution is 2.33. The lowest BCUT2D eigenvalue weighted by atomic mass is 10.1. The van der Waals surface area contributed by atoms with Crippen LogP contribution in [0.25, 0.3) is 22.4 Å². The Kier molecular flexibility index (Phi) is 5.52. The van der Waals surface area contributed by atoms with Crippen LogP contribution < -0.4 is 0 Å². The highest BCUT2D eigenvalue weighted by molar-refractivity contribution is 7.91. The zero-order chi connectivity index (χ0) is 23.2. The summed E-state index contributed by atoms with van der Waals surface area (Å²) in [7, 11) is -2.48. The highest BCUT2D eigenvalue weighted by atomic mass is 32.2. The quantitative estimate of drug-likeness (QED) is 0.430. The van der Waals surface area contributed by atoms with Crippen molar-refractivity contribution in [3.8, 4) is 23.2 Å². The fourth-order valence-electron chi connectivity index (χ4n) is 2.83. The number of sulfone groups is 1. The van der Waals surface area contributed by atoms with Crippen molar-refractivity contribution in [2.45, 2.75) is 24.2 Å². The van der Waals surface area contributed by atoms with Crippen LogP contribution in [-0.4, -0.2) is 34.9 Å². The maximum absolute atomic E-state index is 12.9. The summed E-state index contributed by atoms with van der Waals surface area (Å²) >= 11 is 0. The lowest BCUT2D eigenvalue weighted by molar-refractivity contribution is -0.141. The summed E-state index contributed by atoms with van der Waals surface area (Å²) < 4.78 is 103. The Morgan fingerprint density at radius 3 is 2.35 bits per heavy atom. The lowest BCUT2D eigenvalue weighted by Crippen LogP contribution is -2.08. The second-order valence-electron chi connectivity index (χ2n) is 6.41. The molecule has 5 nitrogen and oxygen atoms in total. The summed E-state index contributed by atoms with van der Waals surface area (Å²) in [5, 5.41) is 0. The summed E-state index contributed by atoms with van der Waals surface area (Å²) in [6, 6.07) is 4.13. The van der Waals surface area contributed by atoms with E-state index in [1.807, 2.05) is 5.92 Å². The van der Waals surface area contributed by atoms with E-state index in [2.05, 4.69) is 9.97 Å². The number of alkyl halides is 6. The Hall–Kier alpha value is -3.07. The van der Waals surface area contributed by atoms with E-state index in [-0.39, 0.29) is 38.6 Å². The van der Waals surface area contributed by atoms with Crippen LogP contribution in [-0.2, 0) is 23.1 Å². The Balaban J connectivity index is 2.25. The molecule has 0 saturated heterocycles. The van der Waals surface area contributed by atoms with E-state index in [1.54, 1.807) is 0 Å². The van der Waals surface area contributed by atoms with Crippen molar-refractivity contribution in [3.63, 3.8) is 0 Å². The molecule has 0 aliphatic carbocycles. The number of halogens is 6. The molecule has 0 radical (unpaired) electrons. The Bertz CT molecular complexity index is 1330. The topological polar surface area (TPSA) is 64.8 Å². The van der Waals surface area contributed by atoms with Crippen molar-refractivity contribution in [1.29, 1.82) is 0 Å². The van der Waals surface area contributed by atoms with Crippen LogP contribution in [0.4, 0.5) is 26.3 Å². The molecule has 3 aromatic rings. The zero-order valence-electron chi connectivity index (χ0n) is 15.9. The van der Waals surface area contributed by atoms with Gasteiger partial charge in [-0.3, -0.25) is 0 Å². The number of hydrogen-bond donors (Lipinski definition) is 0. The number of aryl methyl sites for hydroxylation is 1. The molecule has 0 saturated carbocycles. The number of benzene rings is 1. The van der Waals surface area contributed by atoms with Gasteiger partial charge in [0.1, 0.15) is 11.5 Å². The number of aromatic nitrogens is 3. The number of rotatable bonds is 3. The van der Waals surface area contributed by atoms with E-state index >= 15 is 0 Å². The first-order valence-electron chi connectivity index (χ1n) is 8.59. The molecule has 12 heteroatoms. The van der Waals surface area contributed by atoms with Crippen LogP contribution in [0.5, 0.6) is 0 Å². The predicted octanol–water partition coefficient (Wildman–Crippen LogP) is 4.36. The van der Waals surface area contributed by atoms with E-state index < -0.39 is 27.9 Å². The van der Waals surface area contributed by atoms with E-state index in [4.69, 9.17) is 0 Å². The van der Waals surface area contributed by atoms with Crippen LogP contribution in [0, 0.1) is 11.8 Å². The van der Waals surface area contributed by atoms with Crippen LogP contribution in [0.3, 0.4) is 0 Å². The molecule has 0 fully saturated rings. The predicted molar refractivity (Wildman–Crippen MR) is 99.6 cm³/mol. The Morgan fingerprint density at radius 2 is 1.77 bits per heavy atom. The monoisotopic (exact) mass is 461 g/mol. The third-order valence-electron chi connectivity index (χ3n) is 4.34. The fourth-order valence-corrected chi connectivity index (χ4v) is 3.94. The number of nitrogens with zero attached hydrogens (tertiary/aromatic N) is 3. The standard InChI is InChI=1S/C19H13F6N3O2S/c1-3-31(29,30)15-8-11(6-7-18(20,21)22)4-5-12(15)17-27-13-9-16(19(23,24)25)26-10-14(13)28(17)2/h4-5,8-10H,3H2,1-2H3. The van der Waals surface area contributed by atoms with Crippen molar-refractivity contribution in [1.82, 2.24) is 14.5 Å². The Morgan fingerprint density at radius 1 is 1.10 bits per heavy atom. The molecule has 0 unspecified atom stereocenters. The first kappa shape index (κ1) is 22.6. The average Bonchev–Trinajstić information content (AvgIpc) is 3.01. The molecular formula is C19H13F6N3O2S. The summed E-state index contributed by atoms with van der Waals surface area (Å²) in [4.78, 5) is 7.16. The van der Waals surface area contributed by atoms with Crippen LogP contribution in [0.1, 0.15) is 18.2 Å². The third kappa shape index (κ3) is 4.66. The summed E-state index contributed by atoms with van der Waals surface area (Å²) in [6.45, 7) is 1.35. The minimum absolute atomic E-state index is 0.0125. The fraction of sp³-hybridized carbons (Fsp3) is 0.263. The van der Waals surface area contributed by atoms with Crippen molar-refractivity contribution in [2.75, 3.05) is 5.75 Å². The van der Waals surface area contributed by atoms with Gasteiger partial charge in [0.15, 0.2) is 9.84 Å². The van der Waals surface area contributed by atoms with Crippen molar-refractivity contribution >= 4 is 20.9 Å². The molecule has 0 N–H and O–H groups in total. The van der Waals surface area contributed by atoms with Gasteiger partial charge in [0.25, 0.3) is 0 Å². The van der Waals surface area contributed by atoms with Gasteiger partial charge in [0.2, 0.25) is 0 Å². The molecule has 0 aliphatic rings. The molecule has 0 aliphatic heterocycles. The first-order valence-corrected chi connectivity index (χ1v) is 10.2. The van der Waals surface area contributed by atoms with E-state index in [0.29, 0.717) is 0 Å². The lowest BCUT2D eigenvalue weighted by Gasteiger charge is -2.10. The minimum Gasteiger partial charge on any atom is -0.326 e. The maximum Gasteiger partial charge on any atom is 0.458 e. The van der Waals surface area contributed by atoms with Gasteiger partial charge < -0.3 is 4.57 Å². The molecule has 0 atom stereocenters. The van der Waals surface area contributed by atoms with E-state index in [1.165, 1.54) is 30.7 Å². The second kappa shape index (κ2) is 7.56. The zero-order valence-corrected chi connectivity index (χ0v) is 16.7. The van der Waals surface area contributed by atoms with Crippen LogP contribution >= 0.6 is 0 Å². The number of imidazole rings is 1. The van der Waals surface area contributed by atoms with Gasteiger partial charge in [-0.05, 0) is 24.3 Å². The summed E-state index contributed by atoms with van der Waals surface area (Å²) in [5.74, 6) is 2.58. The van der Waals surface area contributed by atoms with Crippen molar-refractivity contribution < 1.29 is 34.8 Å². The molecule has 0 spiro atoms. The van der Waals surface area contributed by atoms with Gasteiger partial charge in [0.05, 0.1) is 27.9 Å². The molecule has 2 aromatic heterocycles. The Labute approximate surface area is 172 Å². The van der Waals surface area contributed by atoms with Gasteiger partial charge in [0, 0.05) is 24.1 Å². The molecule has 2 heterocycles. The third-order valence-corrected chi connectivity index (χ3v) is 6.11. The molecule has 3 rings (SSSR count). The van der Waals surface area contributed by atoms with E-state index in [9.17, 15) is 34.8 Å². The van der Waals surface area contributed by atoms with Gasteiger partial charge in [-0.1, -0.05) is 12.8 Å². The molecule has 164 valence electrons. The minimum atomic E-state index is -4.76. The molecular weight excluding hydrogens is 448 g/mol. The van der Waals surface area contributed by atoms with Gasteiger partial charge in [-0.25, -0.2) is 18.4 Å². The second-order valence-corrected chi connectivity index (χ2v) is 8.66. The van der Waals surface area contributed by atoms with Gasteiger partial charge in [-0.2, -0.15) is 26.3 Å². The normalized spacial score (nSPS) is 12.6. The van der Waals surface area contributed by atoms with Crippen LogP contribution in [0.15, 0.2) is 35.4 Å². The summed E-state index contributed by atoms with van der Waals surface area (Å²) in [6.07, 6.45) is -8.49. The van der Waals surface area contributed by atoms with Crippen LogP contribution in [0.2, 0.25) is 0 Å². The number of pyridine rings is 1. The molecule has 0 amide bonds. The molecule has 0 bridgehead atoms. The smallest absolute Gasteiger partial charge is 0.326 e. The largest absolute Gasteiger partial charge is 0.458 e. The van der Waals surface area contributed by atoms with Crippen molar-refractivity contribution in [3.05, 3.63) is 41.7 Å². The van der Waals surface area contributed by atoms with Gasteiger partial charge in [-0.15, -0.1) is 0 Å². The molecule has 1 aromatic carbocycles. The molecule has 31 heavy (non-hydrogen) atoms.